The summed E-state index contributed by atoms with van der Waals surface area (Å²) in [6, 6.07) is 15.7. The fourth-order valence-electron chi connectivity index (χ4n) is 2.40. The topological polar surface area (TPSA) is 42.0 Å². The fourth-order valence-corrected chi connectivity index (χ4v) is 5.02. The van der Waals surface area contributed by atoms with Gasteiger partial charge in [-0.1, -0.05) is 41.2 Å². The van der Waals surface area contributed by atoms with Gasteiger partial charge in [0.2, 0.25) is 0 Å². The van der Waals surface area contributed by atoms with Crippen molar-refractivity contribution in [2.24, 2.45) is 0 Å². The molecule has 0 aliphatic carbocycles. The number of rotatable bonds is 4. The molecule has 1 N–H and O–H groups in total. The smallest absolute Gasteiger partial charge is 0.257 e. The molecule has 0 aliphatic heterocycles. The van der Waals surface area contributed by atoms with Crippen molar-refractivity contribution in [3.05, 3.63) is 70.4 Å². The molecule has 0 saturated heterocycles. The van der Waals surface area contributed by atoms with Crippen molar-refractivity contribution in [1.29, 1.82) is 0 Å². The Kier molecular flexibility index (Phi) is 4.48. The van der Waals surface area contributed by atoms with Crippen LogP contribution in [-0.4, -0.2) is 10.9 Å². The van der Waals surface area contributed by atoms with Gasteiger partial charge in [-0.2, -0.15) is 0 Å². The van der Waals surface area contributed by atoms with Crippen LogP contribution in [0.5, 0.6) is 0 Å². The van der Waals surface area contributed by atoms with Gasteiger partial charge in [-0.3, -0.25) is 10.1 Å². The summed E-state index contributed by atoms with van der Waals surface area (Å²) in [7, 11) is 0. The molecule has 0 saturated carbocycles. The number of aromatic nitrogens is 1. The number of carbonyl (C=O) groups excluding carboxylic acids is 1. The molecule has 25 heavy (non-hydrogen) atoms. The number of hydrogen-bond donors (Lipinski definition) is 1. The number of hydrogen-bond acceptors (Lipinski definition) is 5. The maximum absolute atomic E-state index is 12.5. The zero-order valence-electron chi connectivity index (χ0n) is 13.4. The third-order valence-electron chi connectivity index (χ3n) is 3.66. The number of amides is 1. The number of thiophene rings is 2. The zero-order valence-corrected chi connectivity index (χ0v) is 15.8. The van der Waals surface area contributed by atoms with Crippen LogP contribution in [0.2, 0.25) is 0 Å². The lowest BCUT2D eigenvalue weighted by atomic mass is 10.1. The summed E-state index contributed by atoms with van der Waals surface area (Å²) in [5, 5.41) is 7.66. The quantitative estimate of drug-likeness (QED) is 0.459. The summed E-state index contributed by atoms with van der Waals surface area (Å²) in [6.07, 6.45) is 0. The Hall–Kier alpha value is -2.28. The molecule has 124 valence electrons. The highest BCUT2D eigenvalue weighted by molar-refractivity contribution is 7.24. The standard InChI is InChI=1S/C19H14N2OS3/c1-12-6-8-13(9-7-12)18(22)21-19-20-16(14-4-2-10-23-14)17(25-19)15-5-3-11-24-15/h2-11H,1H3,(H,20,21,22). The fraction of sp³-hybridized carbons (Fsp3) is 0.0526. The molecule has 0 bridgehead atoms. The first-order chi connectivity index (χ1) is 12.2. The number of benzene rings is 1. The molecule has 0 spiro atoms. The van der Waals surface area contributed by atoms with Crippen LogP contribution in [0, 0.1) is 6.92 Å². The van der Waals surface area contributed by atoms with Gasteiger partial charge >= 0.3 is 0 Å². The number of aryl methyl sites for hydroxylation is 1. The largest absolute Gasteiger partial charge is 0.298 e. The van der Waals surface area contributed by atoms with E-state index in [2.05, 4.69) is 22.8 Å². The second kappa shape index (κ2) is 6.92. The lowest BCUT2D eigenvalue weighted by Gasteiger charge is -2.01. The number of carbonyl (C=O) groups is 1. The van der Waals surface area contributed by atoms with Crippen molar-refractivity contribution in [2.75, 3.05) is 5.32 Å². The number of nitrogens with zero attached hydrogens (tertiary/aromatic N) is 1. The van der Waals surface area contributed by atoms with E-state index in [0.29, 0.717) is 10.7 Å². The lowest BCUT2D eigenvalue weighted by molar-refractivity contribution is 0.102. The Morgan fingerprint density at radius 3 is 2.28 bits per heavy atom. The van der Waals surface area contributed by atoms with E-state index in [9.17, 15) is 4.79 Å². The van der Waals surface area contributed by atoms with Crippen molar-refractivity contribution < 1.29 is 4.79 Å². The molecule has 0 fully saturated rings. The normalized spacial score (nSPS) is 10.8. The highest BCUT2D eigenvalue weighted by atomic mass is 32.1. The molecule has 4 rings (SSSR count). The van der Waals surface area contributed by atoms with Gasteiger partial charge < -0.3 is 0 Å². The second-order valence-corrected chi connectivity index (χ2v) is 8.37. The molecule has 3 heterocycles. The maximum Gasteiger partial charge on any atom is 0.257 e. The number of anilines is 1. The molecule has 6 heteroatoms. The number of nitrogens with one attached hydrogen (secondary N) is 1. The van der Waals surface area contributed by atoms with Crippen LogP contribution in [0.3, 0.4) is 0 Å². The van der Waals surface area contributed by atoms with Crippen LogP contribution in [0.4, 0.5) is 5.13 Å². The molecular formula is C19H14N2OS3. The first-order valence-corrected chi connectivity index (χ1v) is 10.2. The van der Waals surface area contributed by atoms with Crippen molar-refractivity contribution in [1.82, 2.24) is 4.98 Å². The Labute approximate surface area is 157 Å². The van der Waals surface area contributed by atoms with Gasteiger partial charge in [0.25, 0.3) is 5.91 Å². The van der Waals surface area contributed by atoms with E-state index in [-0.39, 0.29) is 5.91 Å². The molecule has 4 aromatic rings. The molecular weight excluding hydrogens is 368 g/mol. The minimum absolute atomic E-state index is 0.135. The Bertz CT molecular complexity index is 932. The predicted octanol–water partition coefficient (Wildman–Crippen LogP) is 6.16. The van der Waals surface area contributed by atoms with Crippen molar-refractivity contribution >= 4 is 45.0 Å². The minimum Gasteiger partial charge on any atom is -0.298 e. The second-order valence-electron chi connectivity index (χ2n) is 5.47. The maximum atomic E-state index is 12.5. The molecule has 3 nitrogen and oxygen atoms in total. The molecule has 0 unspecified atom stereocenters. The third-order valence-corrected chi connectivity index (χ3v) is 6.56. The summed E-state index contributed by atoms with van der Waals surface area (Å²) >= 11 is 4.85. The highest BCUT2D eigenvalue weighted by Crippen LogP contribution is 2.42. The van der Waals surface area contributed by atoms with Crippen molar-refractivity contribution in [2.45, 2.75) is 6.92 Å². The highest BCUT2D eigenvalue weighted by Gasteiger charge is 2.18. The van der Waals surface area contributed by atoms with Crippen LogP contribution in [0.1, 0.15) is 15.9 Å². The van der Waals surface area contributed by atoms with Gasteiger partial charge in [-0.15, -0.1) is 22.7 Å². The molecule has 0 aliphatic rings. The summed E-state index contributed by atoms with van der Waals surface area (Å²) in [4.78, 5) is 20.5. The molecule has 0 atom stereocenters. The van der Waals surface area contributed by atoms with E-state index in [1.807, 2.05) is 48.7 Å². The molecule has 0 radical (unpaired) electrons. The van der Waals surface area contributed by atoms with Crippen LogP contribution in [0.25, 0.3) is 20.3 Å². The Morgan fingerprint density at radius 2 is 1.64 bits per heavy atom. The van der Waals surface area contributed by atoms with Gasteiger partial charge in [0.15, 0.2) is 5.13 Å². The van der Waals surface area contributed by atoms with E-state index in [4.69, 9.17) is 4.98 Å². The third kappa shape index (κ3) is 3.42. The van der Waals surface area contributed by atoms with Crippen molar-refractivity contribution in [3.8, 4) is 20.3 Å². The van der Waals surface area contributed by atoms with Crippen LogP contribution < -0.4 is 5.32 Å². The minimum atomic E-state index is -0.135. The van der Waals surface area contributed by atoms with Crippen molar-refractivity contribution in [3.63, 3.8) is 0 Å². The summed E-state index contributed by atoms with van der Waals surface area (Å²) in [6.45, 7) is 2.00. The van der Waals surface area contributed by atoms with Crippen LogP contribution in [0.15, 0.2) is 59.3 Å². The Morgan fingerprint density at radius 1 is 0.960 bits per heavy atom. The van der Waals surface area contributed by atoms with E-state index < -0.39 is 0 Å². The summed E-state index contributed by atoms with van der Waals surface area (Å²) in [5.41, 5.74) is 2.70. The zero-order chi connectivity index (χ0) is 17.2. The Balaban J connectivity index is 1.68. The molecule has 3 aromatic heterocycles. The average molecular weight is 383 g/mol. The molecule has 1 amide bonds. The predicted molar refractivity (Wildman–Crippen MR) is 108 cm³/mol. The monoisotopic (exact) mass is 382 g/mol. The van der Waals surface area contributed by atoms with E-state index in [0.717, 1.165) is 25.9 Å². The van der Waals surface area contributed by atoms with Gasteiger partial charge in [-0.25, -0.2) is 4.98 Å². The van der Waals surface area contributed by atoms with Gasteiger partial charge in [0.05, 0.1) is 9.75 Å². The van der Waals surface area contributed by atoms with Gasteiger partial charge in [0.1, 0.15) is 5.69 Å². The van der Waals surface area contributed by atoms with Gasteiger partial charge in [0, 0.05) is 10.4 Å². The lowest BCUT2D eigenvalue weighted by Crippen LogP contribution is -2.11. The van der Waals surface area contributed by atoms with E-state index in [1.165, 1.54) is 11.3 Å². The van der Waals surface area contributed by atoms with Gasteiger partial charge in [-0.05, 0) is 41.9 Å². The summed E-state index contributed by atoms with van der Waals surface area (Å²) < 4.78 is 0. The van der Waals surface area contributed by atoms with E-state index in [1.54, 1.807) is 22.7 Å². The SMILES string of the molecule is Cc1ccc(C(=O)Nc2nc(-c3cccs3)c(-c3cccs3)s2)cc1. The molecule has 1 aromatic carbocycles. The summed E-state index contributed by atoms with van der Waals surface area (Å²) in [5.74, 6) is -0.135. The van der Waals surface area contributed by atoms with Crippen LogP contribution >= 0.6 is 34.0 Å². The first-order valence-electron chi connectivity index (χ1n) is 7.67. The number of thiazole rings is 1. The average Bonchev–Trinajstić information content (AvgIpc) is 3.36. The van der Waals surface area contributed by atoms with E-state index >= 15 is 0 Å². The van der Waals surface area contributed by atoms with Crippen LogP contribution in [-0.2, 0) is 0 Å². The first kappa shape index (κ1) is 16.2.